The van der Waals surface area contributed by atoms with E-state index in [1.807, 2.05) is 20.8 Å². The van der Waals surface area contributed by atoms with E-state index < -0.39 is 17.6 Å². The summed E-state index contributed by atoms with van der Waals surface area (Å²) in [5, 5.41) is 0. The number of rotatable bonds is 3. The number of hydrogen-bond donors (Lipinski definition) is 0. The standard InChI is InChI=1S/C14H16BrFO3/c1-5-19-13(18)12(17)9-6-8(14(2,3)4)7-10(15)11(9)16/h6-7H,5H2,1-4H3. The Kier molecular flexibility index (Phi) is 4.85. The first kappa shape index (κ1) is 15.8. The van der Waals surface area contributed by atoms with Crippen molar-refractivity contribution in [2.45, 2.75) is 33.1 Å². The van der Waals surface area contributed by atoms with Crippen LogP contribution in [0.25, 0.3) is 0 Å². The van der Waals surface area contributed by atoms with E-state index in [4.69, 9.17) is 0 Å². The van der Waals surface area contributed by atoms with Crippen LogP contribution >= 0.6 is 15.9 Å². The quantitative estimate of drug-likeness (QED) is 0.483. The summed E-state index contributed by atoms with van der Waals surface area (Å²) in [4.78, 5) is 23.3. The average Bonchev–Trinajstić information content (AvgIpc) is 2.30. The van der Waals surface area contributed by atoms with E-state index >= 15 is 0 Å². The smallest absolute Gasteiger partial charge is 0.379 e. The molecule has 0 aliphatic carbocycles. The molecule has 5 heteroatoms. The Balaban J connectivity index is 3.31. The Morgan fingerprint density at radius 1 is 1.32 bits per heavy atom. The van der Waals surface area contributed by atoms with Gasteiger partial charge in [-0.25, -0.2) is 9.18 Å². The normalized spacial score (nSPS) is 11.3. The third-order valence-electron chi connectivity index (χ3n) is 2.60. The van der Waals surface area contributed by atoms with Gasteiger partial charge in [0.1, 0.15) is 5.82 Å². The van der Waals surface area contributed by atoms with Crippen LogP contribution in [0.4, 0.5) is 4.39 Å². The molecule has 3 nitrogen and oxygen atoms in total. The molecule has 0 aliphatic rings. The monoisotopic (exact) mass is 330 g/mol. The van der Waals surface area contributed by atoms with Crippen molar-refractivity contribution in [2.24, 2.45) is 0 Å². The number of benzene rings is 1. The summed E-state index contributed by atoms with van der Waals surface area (Å²) >= 11 is 3.07. The van der Waals surface area contributed by atoms with Crippen LogP contribution in [0.5, 0.6) is 0 Å². The molecule has 1 aromatic carbocycles. The van der Waals surface area contributed by atoms with Crippen LogP contribution in [0, 0.1) is 5.82 Å². The molecule has 0 fully saturated rings. The summed E-state index contributed by atoms with van der Waals surface area (Å²) in [7, 11) is 0. The van der Waals surface area contributed by atoms with E-state index in [-0.39, 0.29) is 22.1 Å². The lowest BCUT2D eigenvalue weighted by molar-refractivity contribution is -0.137. The van der Waals surface area contributed by atoms with Crippen molar-refractivity contribution in [3.05, 3.63) is 33.5 Å². The van der Waals surface area contributed by atoms with E-state index in [0.717, 1.165) is 5.56 Å². The number of ether oxygens (including phenoxy) is 1. The van der Waals surface area contributed by atoms with Crippen LogP contribution in [0.3, 0.4) is 0 Å². The summed E-state index contributed by atoms with van der Waals surface area (Å²) < 4.78 is 18.7. The number of ketones is 1. The summed E-state index contributed by atoms with van der Waals surface area (Å²) in [5.41, 5.74) is 0.228. The Morgan fingerprint density at radius 3 is 2.37 bits per heavy atom. The van der Waals surface area contributed by atoms with Gasteiger partial charge in [0.2, 0.25) is 0 Å². The first-order valence-electron chi connectivity index (χ1n) is 5.89. The van der Waals surface area contributed by atoms with E-state index in [0.29, 0.717) is 0 Å². The Bertz CT molecular complexity index is 518. The number of carbonyl (C=O) groups excluding carboxylic acids is 2. The highest BCUT2D eigenvalue weighted by molar-refractivity contribution is 9.10. The third-order valence-corrected chi connectivity index (χ3v) is 3.18. The number of Topliss-reactive ketones (excluding diaryl/α,β-unsaturated/α-hetero) is 1. The fourth-order valence-electron chi connectivity index (χ4n) is 1.49. The lowest BCUT2D eigenvalue weighted by atomic mass is 9.85. The predicted octanol–water partition coefficient (Wildman–Crippen LogP) is 3.63. The molecule has 1 aromatic rings. The minimum atomic E-state index is -1.04. The van der Waals surface area contributed by atoms with Gasteiger partial charge in [0.25, 0.3) is 5.78 Å². The molecule has 0 unspecified atom stereocenters. The van der Waals surface area contributed by atoms with E-state index in [1.165, 1.54) is 6.07 Å². The molecule has 0 radical (unpaired) electrons. The fourth-order valence-corrected chi connectivity index (χ4v) is 1.95. The highest BCUT2D eigenvalue weighted by Gasteiger charge is 2.26. The highest BCUT2D eigenvalue weighted by atomic mass is 79.9. The van der Waals surface area contributed by atoms with Gasteiger partial charge in [-0.05, 0) is 46.0 Å². The van der Waals surface area contributed by atoms with E-state index in [9.17, 15) is 14.0 Å². The summed E-state index contributed by atoms with van der Waals surface area (Å²) in [6.45, 7) is 7.47. The first-order chi connectivity index (χ1) is 8.68. The second kappa shape index (κ2) is 5.82. The molecule has 0 aromatic heterocycles. The van der Waals surface area contributed by atoms with Crippen molar-refractivity contribution in [2.75, 3.05) is 6.61 Å². The number of esters is 1. The van der Waals surface area contributed by atoms with Crippen molar-refractivity contribution in [3.8, 4) is 0 Å². The van der Waals surface area contributed by atoms with Crippen molar-refractivity contribution in [1.29, 1.82) is 0 Å². The molecular formula is C14H16BrFO3. The minimum absolute atomic E-state index is 0.0757. The highest BCUT2D eigenvalue weighted by Crippen LogP contribution is 2.29. The molecule has 0 heterocycles. The summed E-state index contributed by atoms with van der Waals surface area (Å²) in [5.74, 6) is -2.75. The van der Waals surface area contributed by atoms with E-state index in [2.05, 4.69) is 20.7 Å². The van der Waals surface area contributed by atoms with Crippen molar-refractivity contribution >= 4 is 27.7 Å². The number of carbonyl (C=O) groups is 2. The lowest BCUT2D eigenvalue weighted by Gasteiger charge is -2.20. The van der Waals surface area contributed by atoms with Crippen molar-refractivity contribution in [3.63, 3.8) is 0 Å². The zero-order valence-corrected chi connectivity index (χ0v) is 12.9. The second-order valence-electron chi connectivity index (χ2n) is 5.12. The van der Waals surface area contributed by atoms with Gasteiger partial charge in [0.05, 0.1) is 16.6 Å². The Morgan fingerprint density at radius 2 is 1.89 bits per heavy atom. The zero-order valence-electron chi connectivity index (χ0n) is 11.3. The fraction of sp³-hybridized carbons (Fsp3) is 0.429. The molecule has 0 bridgehead atoms. The van der Waals surface area contributed by atoms with Crippen molar-refractivity contribution in [1.82, 2.24) is 0 Å². The largest absolute Gasteiger partial charge is 0.460 e. The van der Waals surface area contributed by atoms with Gasteiger partial charge in [-0.15, -0.1) is 0 Å². The second-order valence-corrected chi connectivity index (χ2v) is 5.97. The van der Waals surface area contributed by atoms with Gasteiger partial charge in [-0.3, -0.25) is 4.79 Å². The van der Waals surface area contributed by atoms with Crippen LogP contribution in [0.1, 0.15) is 43.6 Å². The third kappa shape index (κ3) is 3.62. The minimum Gasteiger partial charge on any atom is -0.460 e. The molecule has 0 amide bonds. The maximum atomic E-state index is 13.9. The SMILES string of the molecule is CCOC(=O)C(=O)c1cc(C(C)(C)C)cc(Br)c1F. The van der Waals surface area contributed by atoms with Crippen LogP contribution in [-0.4, -0.2) is 18.4 Å². The van der Waals surface area contributed by atoms with Gasteiger partial charge in [-0.1, -0.05) is 20.8 Å². The number of hydrogen-bond acceptors (Lipinski definition) is 3. The van der Waals surface area contributed by atoms with Crippen LogP contribution in [0.15, 0.2) is 16.6 Å². The van der Waals surface area contributed by atoms with Gasteiger partial charge in [0.15, 0.2) is 0 Å². The molecule has 0 saturated carbocycles. The van der Waals surface area contributed by atoms with Gasteiger partial charge < -0.3 is 4.74 Å². The van der Waals surface area contributed by atoms with E-state index in [1.54, 1.807) is 13.0 Å². The predicted molar refractivity (Wildman–Crippen MR) is 73.8 cm³/mol. The molecular weight excluding hydrogens is 315 g/mol. The van der Waals surface area contributed by atoms with Gasteiger partial charge in [-0.2, -0.15) is 0 Å². The Hall–Kier alpha value is -1.23. The molecule has 0 spiro atoms. The molecule has 104 valence electrons. The molecule has 0 atom stereocenters. The molecule has 19 heavy (non-hydrogen) atoms. The van der Waals surface area contributed by atoms with Gasteiger partial charge >= 0.3 is 5.97 Å². The molecule has 1 rings (SSSR count). The zero-order chi connectivity index (χ0) is 14.8. The maximum Gasteiger partial charge on any atom is 0.379 e. The van der Waals surface area contributed by atoms with Crippen LogP contribution in [-0.2, 0) is 14.9 Å². The Labute approximate surface area is 120 Å². The maximum absolute atomic E-state index is 13.9. The molecule has 0 N–H and O–H groups in total. The number of halogens is 2. The van der Waals surface area contributed by atoms with Crippen molar-refractivity contribution < 1.29 is 18.7 Å². The van der Waals surface area contributed by atoms with Gasteiger partial charge in [0, 0.05) is 0 Å². The van der Waals surface area contributed by atoms with Crippen LogP contribution < -0.4 is 0 Å². The summed E-state index contributed by atoms with van der Waals surface area (Å²) in [6, 6.07) is 3.01. The molecule has 0 saturated heterocycles. The average molecular weight is 331 g/mol. The molecule has 0 aliphatic heterocycles. The lowest BCUT2D eigenvalue weighted by Crippen LogP contribution is -2.21. The van der Waals surface area contributed by atoms with Crippen LogP contribution in [0.2, 0.25) is 0 Å². The topological polar surface area (TPSA) is 43.4 Å². The first-order valence-corrected chi connectivity index (χ1v) is 6.68. The summed E-state index contributed by atoms with van der Waals surface area (Å²) in [6.07, 6.45) is 0.